The van der Waals surface area contributed by atoms with Gasteiger partial charge in [-0.1, -0.05) is 29.9 Å². The fourth-order valence-electron chi connectivity index (χ4n) is 3.37. The zero-order valence-corrected chi connectivity index (χ0v) is 15.7. The van der Waals surface area contributed by atoms with Gasteiger partial charge in [-0.25, -0.2) is 4.68 Å². The number of hydrogen-bond acceptors (Lipinski definition) is 6. The SMILES string of the molecule is COc1cccc(/C=c2\c(=O)nc3sc(=C4CCCCC4)[nH]n-3c2=N)c1O. The number of methoxy groups -OCH3 is 1. The lowest BCUT2D eigenvalue weighted by Gasteiger charge is -2.11. The molecule has 1 saturated carbocycles. The van der Waals surface area contributed by atoms with E-state index < -0.39 is 5.56 Å². The van der Waals surface area contributed by atoms with E-state index in [1.807, 2.05) is 0 Å². The van der Waals surface area contributed by atoms with Crippen molar-refractivity contribution in [3.63, 3.8) is 0 Å². The number of aromatic nitrogens is 3. The van der Waals surface area contributed by atoms with Crippen molar-refractivity contribution in [2.45, 2.75) is 32.1 Å². The van der Waals surface area contributed by atoms with E-state index in [1.165, 1.54) is 54.0 Å². The van der Waals surface area contributed by atoms with Crippen LogP contribution in [-0.4, -0.2) is 27.0 Å². The number of aromatic hydroxyl groups is 1. The molecule has 8 heteroatoms. The lowest BCUT2D eigenvalue weighted by molar-refractivity contribution is 0.373. The molecule has 0 atom stereocenters. The van der Waals surface area contributed by atoms with Crippen LogP contribution in [-0.2, 0) is 0 Å². The van der Waals surface area contributed by atoms with Gasteiger partial charge in [0.1, 0.15) is 4.66 Å². The van der Waals surface area contributed by atoms with Gasteiger partial charge < -0.3 is 9.84 Å². The molecule has 0 amide bonds. The Bertz CT molecular complexity index is 1200. The Morgan fingerprint density at radius 2 is 2.11 bits per heavy atom. The number of phenols is 1. The monoisotopic (exact) mass is 384 g/mol. The maximum atomic E-state index is 12.5. The van der Waals surface area contributed by atoms with Gasteiger partial charge in [-0.3, -0.25) is 15.3 Å². The van der Waals surface area contributed by atoms with E-state index in [4.69, 9.17) is 10.1 Å². The molecule has 1 aliphatic carbocycles. The lowest BCUT2D eigenvalue weighted by atomic mass is 9.96. The summed E-state index contributed by atoms with van der Waals surface area (Å²) in [4.78, 5) is 16.6. The van der Waals surface area contributed by atoms with Crippen molar-refractivity contribution in [2.75, 3.05) is 7.11 Å². The molecule has 4 rings (SSSR count). The molecule has 7 nitrogen and oxygen atoms in total. The molecule has 1 aromatic rings. The first-order valence-corrected chi connectivity index (χ1v) is 9.66. The van der Waals surface area contributed by atoms with Crippen molar-refractivity contribution in [1.82, 2.24) is 14.8 Å². The number of hydrogen-bond donors (Lipinski definition) is 3. The van der Waals surface area contributed by atoms with E-state index in [-0.39, 0.29) is 16.5 Å². The number of rotatable bonds is 2. The average molecular weight is 384 g/mol. The van der Waals surface area contributed by atoms with Gasteiger partial charge in [-0.05, 0) is 43.4 Å². The molecule has 3 aliphatic rings. The zero-order valence-electron chi connectivity index (χ0n) is 14.9. The third-order valence-corrected chi connectivity index (χ3v) is 5.87. The average Bonchev–Trinajstić information content (AvgIpc) is 3.11. The number of phenolic OH excluding ortho intramolecular Hbond substituents is 1. The molecular weight excluding hydrogens is 364 g/mol. The maximum Gasteiger partial charge on any atom is 0.283 e. The number of nitrogens with one attached hydrogen (secondary N) is 2. The summed E-state index contributed by atoms with van der Waals surface area (Å²) < 4.78 is 7.62. The second-order valence-corrected chi connectivity index (χ2v) is 7.52. The number of nitrogens with zero attached hydrogens (tertiary/aromatic N) is 2. The first-order chi connectivity index (χ1) is 13.1. The van der Waals surface area contributed by atoms with Crippen LogP contribution >= 0.6 is 11.3 Å². The minimum absolute atomic E-state index is 0.0196. The van der Waals surface area contributed by atoms with Gasteiger partial charge in [0.25, 0.3) is 5.56 Å². The molecule has 140 valence electrons. The second kappa shape index (κ2) is 7.03. The molecule has 2 heterocycles. The van der Waals surface area contributed by atoms with Gasteiger partial charge in [0, 0.05) is 5.56 Å². The van der Waals surface area contributed by atoms with E-state index in [1.54, 1.807) is 18.2 Å². The van der Waals surface area contributed by atoms with Crippen molar-refractivity contribution in [3.8, 4) is 16.6 Å². The van der Waals surface area contributed by atoms with Crippen LogP contribution in [0.25, 0.3) is 16.8 Å². The van der Waals surface area contributed by atoms with Gasteiger partial charge in [0.15, 0.2) is 17.0 Å². The fourth-order valence-corrected chi connectivity index (χ4v) is 4.39. The Balaban J connectivity index is 1.95. The Hall–Kier alpha value is -2.87. The van der Waals surface area contributed by atoms with Crippen LogP contribution in [0.2, 0.25) is 0 Å². The Labute approximate surface area is 158 Å². The summed E-state index contributed by atoms with van der Waals surface area (Å²) in [5, 5.41) is 22.6. The van der Waals surface area contributed by atoms with E-state index >= 15 is 0 Å². The van der Waals surface area contributed by atoms with Crippen LogP contribution in [0, 0.1) is 5.41 Å². The smallest absolute Gasteiger partial charge is 0.283 e. The molecule has 0 radical (unpaired) electrons. The summed E-state index contributed by atoms with van der Waals surface area (Å²) >= 11 is 1.41. The largest absolute Gasteiger partial charge is 0.504 e. The van der Waals surface area contributed by atoms with Gasteiger partial charge in [0.05, 0.1) is 12.3 Å². The Morgan fingerprint density at radius 3 is 2.85 bits per heavy atom. The van der Waals surface area contributed by atoms with Gasteiger partial charge >= 0.3 is 0 Å². The highest BCUT2D eigenvalue weighted by Crippen LogP contribution is 2.29. The molecular formula is C19H20N4O3S. The summed E-state index contributed by atoms with van der Waals surface area (Å²) in [5.41, 5.74) is 1.27. The zero-order chi connectivity index (χ0) is 19.0. The van der Waals surface area contributed by atoms with Gasteiger partial charge in [0.2, 0.25) is 5.13 Å². The molecule has 2 aliphatic heterocycles. The number of benzene rings is 1. The van der Waals surface area contributed by atoms with Crippen LogP contribution in [0.4, 0.5) is 0 Å². The number of ether oxygens (including phenoxy) is 1. The molecule has 3 N–H and O–H groups in total. The molecule has 0 aromatic heterocycles. The fraction of sp³-hybridized carbons (Fsp3) is 0.316. The predicted molar refractivity (Wildman–Crippen MR) is 103 cm³/mol. The first kappa shape index (κ1) is 17.5. The van der Waals surface area contributed by atoms with Crippen LogP contribution in [0.3, 0.4) is 0 Å². The van der Waals surface area contributed by atoms with Crippen molar-refractivity contribution < 1.29 is 9.84 Å². The standard InChI is InChI=1S/C19H20N4O3S/c1-26-14-9-5-8-12(15(14)24)10-13-16(20)23-19(21-17(13)25)27-18(22-23)11-6-3-2-4-7-11/h5,8-10,20,22,24H,2-4,6-7H2,1H3/b13-10-,20-16?. The number of aromatic amines is 1. The Morgan fingerprint density at radius 1 is 1.33 bits per heavy atom. The van der Waals surface area contributed by atoms with Crippen molar-refractivity contribution >= 4 is 23.0 Å². The van der Waals surface area contributed by atoms with E-state index in [0.717, 1.165) is 17.5 Å². The predicted octanol–water partition coefficient (Wildman–Crippen LogP) is 1.20. The highest BCUT2D eigenvalue weighted by atomic mass is 32.1. The van der Waals surface area contributed by atoms with Crippen molar-refractivity contribution in [1.29, 1.82) is 5.41 Å². The van der Waals surface area contributed by atoms with Crippen molar-refractivity contribution in [2.24, 2.45) is 0 Å². The van der Waals surface area contributed by atoms with Gasteiger partial charge in [-0.2, -0.15) is 4.98 Å². The van der Waals surface area contributed by atoms with Crippen molar-refractivity contribution in [3.05, 3.63) is 49.5 Å². The van der Waals surface area contributed by atoms with E-state index in [0.29, 0.717) is 16.4 Å². The summed E-state index contributed by atoms with van der Waals surface area (Å²) in [6, 6.07) is 5.00. The van der Waals surface area contributed by atoms with E-state index in [2.05, 4.69) is 10.1 Å². The highest BCUT2D eigenvalue weighted by molar-refractivity contribution is 7.11. The number of fused-ring (bicyclic) bond motifs is 1. The number of H-pyrrole nitrogens is 1. The molecule has 1 fully saturated rings. The lowest BCUT2D eigenvalue weighted by Crippen LogP contribution is -2.47. The minimum Gasteiger partial charge on any atom is -0.504 e. The second-order valence-electron chi connectivity index (χ2n) is 6.55. The van der Waals surface area contributed by atoms with Crippen LogP contribution < -0.4 is 25.7 Å². The normalized spacial score (nSPS) is 15.4. The van der Waals surface area contributed by atoms with Crippen LogP contribution in [0.5, 0.6) is 11.5 Å². The summed E-state index contributed by atoms with van der Waals surface area (Å²) in [6.07, 6.45) is 7.14. The summed E-state index contributed by atoms with van der Waals surface area (Å²) in [5.74, 6) is 0.235. The highest BCUT2D eigenvalue weighted by Gasteiger charge is 2.14. The molecule has 1 aromatic carbocycles. The van der Waals surface area contributed by atoms with Crippen LogP contribution in [0.15, 0.2) is 23.0 Å². The third-order valence-electron chi connectivity index (χ3n) is 4.83. The molecule has 0 bridgehead atoms. The summed E-state index contributed by atoms with van der Waals surface area (Å²) in [6.45, 7) is 0. The quantitative estimate of drug-likeness (QED) is 0.617. The molecule has 0 spiro atoms. The molecule has 0 saturated heterocycles. The molecule has 0 unspecified atom stereocenters. The topological polar surface area (TPSA) is 104 Å². The van der Waals surface area contributed by atoms with Crippen LogP contribution in [0.1, 0.15) is 37.7 Å². The Kier molecular flexibility index (Phi) is 4.57. The maximum absolute atomic E-state index is 12.5. The first-order valence-electron chi connectivity index (χ1n) is 8.84. The molecule has 27 heavy (non-hydrogen) atoms. The summed E-state index contributed by atoms with van der Waals surface area (Å²) in [7, 11) is 1.46. The van der Waals surface area contributed by atoms with Gasteiger partial charge in [-0.15, -0.1) is 0 Å². The minimum atomic E-state index is -0.488. The third kappa shape index (κ3) is 3.16. The number of para-hydroxylation sites is 1. The van der Waals surface area contributed by atoms with E-state index in [9.17, 15) is 9.90 Å².